The average Bonchev–Trinajstić information content (AvgIpc) is 2.70. The van der Waals surface area contributed by atoms with Gasteiger partial charge in [-0.1, -0.05) is 24.3 Å². The molecule has 0 saturated heterocycles. The highest BCUT2D eigenvalue weighted by molar-refractivity contribution is 5.66. The highest BCUT2D eigenvalue weighted by Crippen LogP contribution is 2.27. The lowest BCUT2D eigenvalue weighted by Crippen LogP contribution is -2.06. The smallest absolute Gasteiger partial charge is 0.0981 e. The molecule has 2 nitrogen and oxygen atoms in total. The summed E-state index contributed by atoms with van der Waals surface area (Å²) in [4.78, 5) is 0. The molecule has 14 heavy (non-hydrogen) atoms. The summed E-state index contributed by atoms with van der Waals surface area (Å²) >= 11 is 0. The van der Waals surface area contributed by atoms with E-state index in [1.54, 1.807) is 12.5 Å². The molecule has 2 heteroatoms. The first-order valence-corrected chi connectivity index (χ1v) is 4.66. The molecule has 2 rings (SSSR count). The highest BCUT2D eigenvalue weighted by Gasteiger charge is 2.08. The van der Waals surface area contributed by atoms with Crippen LogP contribution in [0, 0.1) is 0 Å². The van der Waals surface area contributed by atoms with Crippen molar-refractivity contribution < 1.29 is 4.42 Å². The maximum atomic E-state index is 5.89. The van der Waals surface area contributed by atoms with Crippen molar-refractivity contribution in [3.63, 3.8) is 0 Å². The number of nitrogens with two attached hydrogens (primary N) is 1. The van der Waals surface area contributed by atoms with Crippen molar-refractivity contribution >= 4 is 0 Å². The van der Waals surface area contributed by atoms with Crippen molar-refractivity contribution in [3.8, 4) is 11.1 Å². The Balaban J connectivity index is 2.53. The van der Waals surface area contributed by atoms with E-state index in [-0.39, 0.29) is 6.04 Å². The van der Waals surface area contributed by atoms with Crippen molar-refractivity contribution in [3.05, 3.63) is 48.4 Å². The fraction of sp³-hybridized carbons (Fsp3) is 0.167. The van der Waals surface area contributed by atoms with E-state index in [1.807, 2.05) is 31.2 Å². The molecule has 0 fully saturated rings. The lowest BCUT2D eigenvalue weighted by Gasteiger charge is -2.10. The summed E-state index contributed by atoms with van der Waals surface area (Å²) < 4.78 is 5.06. The highest BCUT2D eigenvalue weighted by atomic mass is 16.3. The predicted octanol–water partition coefficient (Wildman–Crippen LogP) is 2.97. The summed E-state index contributed by atoms with van der Waals surface area (Å²) in [5.41, 5.74) is 9.27. The standard InChI is InChI=1S/C12H13NO/c1-9(13)11-4-2-3-5-12(11)10-6-7-14-8-10/h2-9H,13H2,1H3. The average molecular weight is 187 g/mol. The molecule has 0 saturated carbocycles. The molecular formula is C12H13NO. The van der Waals surface area contributed by atoms with Crippen LogP contribution >= 0.6 is 0 Å². The maximum absolute atomic E-state index is 5.89. The lowest BCUT2D eigenvalue weighted by molar-refractivity contribution is 0.568. The Morgan fingerprint density at radius 1 is 1.21 bits per heavy atom. The minimum absolute atomic E-state index is 0.0427. The van der Waals surface area contributed by atoms with Crippen molar-refractivity contribution in [1.29, 1.82) is 0 Å². The molecule has 0 aliphatic carbocycles. The molecule has 1 aromatic heterocycles. The van der Waals surface area contributed by atoms with Crippen LogP contribution in [-0.2, 0) is 0 Å². The van der Waals surface area contributed by atoms with Crippen LogP contribution in [0.25, 0.3) is 11.1 Å². The summed E-state index contributed by atoms with van der Waals surface area (Å²) in [7, 11) is 0. The summed E-state index contributed by atoms with van der Waals surface area (Å²) in [5, 5.41) is 0. The Kier molecular flexibility index (Phi) is 2.37. The van der Waals surface area contributed by atoms with Gasteiger partial charge in [0.2, 0.25) is 0 Å². The first-order chi connectivity index (χ1) is 6.79. The molecule has 1 unspecified atom stereocenters. The van der Waals surface area contributed by atoms with Gasteiger partial charge in [-0.05, 0) is 24.1 Å². The van der Waals surface area contributed by atoms with E-state index in [1.165, 1.54) is 0 Å². The number of rotatable bonds is 2. The van der Waals surface area contributed by atoms with Crippen LogP contribution in [0.5, 0.6) is 0 Å². The molecule has 72 valence electrons. The van der Waals surface area contributed by atoms with Crippen LogP contribution in [-0.4, -0.2) is 0 Å². The van der Waals surface area contributed by atoms with Gasteiger partial charge < -0.3 is 10.2 Å². The third-order valence-electron chi connectivity index (χ3n) is 2.28. The number of benzene rings is 1. The molecule has 0 aliphatic heterocycles. The van der Waals surface area contributed by atoms with Gasteiger partial charge in [-0.3, -0.25) is 0 Å². The molecular weight excluding hydrogens is 174 g/mol. The molecule has 0 aliphatic rings. The van der Waals surface area contributed by atoms with Gasteiger partial charge in [-0.15, -0.1) is 0 Å². The first kappa shape index (κ1) is 9.03. The fourth-order valence-electron chi connectivity index (χ4n) is 1.57. The van der Waals surface area contributed by atoms with Crippen molar-refractivity contribution in [2.75, 3.05) is 0 Å². The summed E-state index contributed by atoms with van der Waals surface area (Å²) in [6.07, 6.45) is 3.41. The summed E-state index contributed by atoms with van der Waals surface area (Å²) in [6, 6.07) is 10.1. The second-order valence-corrected chi connectivity index (χ2v) is 3.39. The Morgan fingerprint density at radius 2 is 2.00 bits per heavy atom. The van der Waals surface area contributed by atoms with Gasteiger partial charge in [0.05, 0.1) is 12.5 Å². The van der Waals surface area contributed by atoms with Crippen molar-refractivity contribution in [1.82, 2.24) is 0 Å². The molecule has 1 aromatic carbocycles. The van der Waals surface area contributed by atoms with Gasteiger partial charge in [0, 0.05) is 11.6 Å². The zero-order valence-electron chi connectivity index (χ0n) is 8.10. The number of hydrogen-bond donors (Lipinski definition) is 1. The normalized spacial score (nSPS) is 12.7. The van der Waals surface area contributed by atoms with Crippen LogP contribution in [0.2, 0.25) is 0 Å². The van der Waals surface area contributed by atoms with E-state index in [0.717, 1.165) is 16.7 Å². The predicted molar refractivity (Wildman–Crippen MR) is 56.7 cm³/mol. The van der Waals surface area contributed by atoms with E-state index in [9.17, 15) is 0 Å². The fourth-order valence-corrected chi connectivity index (χ4v) is 1.57. The molecule has 0 spiro atoms. The first-order valence-electron chi connectivity index (χ1n) is 4.66. The van der Waals surface area contributed by atoms with Gasteiger partial charge in [0.15, 0.2) is 0 Å². The largest absolute Gasteiger partial charge is 0.472 e. The Hall–Kier alpha value is -1.54. The van der Waals surface area contributed by atoms with Crippen molar-refractivity contribution in [2.24, 2.45) is 5.73 Å². The molecule has 2 N–H and O–H groups in total. The SMILES string of the molecule is CC(N)c1ccccc1-c1ccoc1. The molecule has 0 radical (unpaired) electrons. The van der Waals surface area contributed by atoms with Crippen LogP contribution in [0.1, 0.15) is 18.5 Å². The van der Waals surface area contributed by atoms with E-state index in [0.29, 0.717) is 0 Å². The zero-order valence-corrected chi connectivity index (χ0v) is 8.10. The Bertz CT molecular complexity index is 404. The summed E-state index contributed by atoms with van der Waals surface area (Å²) in [5.74, 6) is 0. The van der Waals surface area contributed by atoms with E-state index >= 15 is 0 Å². The third kappa shape index (κ3) is 1.56. The Labute approximate surface area is 83.4 Å². The second kappa shape index (κ2) is 3.68. The van der Waals surface area contributed by atoms with Gasteiger partial charge in [0.1, 0.15) is 0 Å². The van der Waals surface area contributed by atoms with Gasteiger partial charge >= 0.3 is 0 Å². The van der Waals surface area contributed by atoms with Crippen LogP contribution < -0.4 is 5.73 Å². The summed E-state index contributed by atoms with van der Waals surface area (Å²) in [6.45, 7) is 1.99. The molecule has 1 atom stereocenters. The number of hydrogen-bond acceptors (Lipinski definition) is 2. The van der Waals surface area contributed by atoms with Crippen molar-refractivity contribution in [2.45, 2.75) is 13.0 Å². The minimum atomic E-state index is 0.0427. The third-order valence-corrected chi connectivity index (χ3v) is 2.28. The van der Waals surface area contributed by atoms with E-state index in [2.05, 4.69) is 6.07 Å². The Morgan fingerprint density at radius 3 is 2.64 bits per heavy atom. The quantitative estimate of drug-likeness (QED) is 0.785. The van der Waals surface area contributed by atoms with E-state index < -0.39 is 0 Å². The molecule has 1 heterocycles. The molecule has 0 amide bonds. The van der Waals surface area contributed by atoms with Gasteiger partial charge in [-0.25, -0.2) is 0 Å². The lowest BCUT2D eigenvalue weighted by atomic mass is 9.98. The van der Waals surface area contributed by atoms with Gasteiger partial charge in [-0.2, -0.15) is 0 Å². The molecule has 2 aromatic rings. The van der Waals surface area contributed by atoms with E-state index in [4.69, 9.17) is 10.2 Å². The topological polar surface area (TPSA) is 39.2 Å². The van der Waals surface area contributed by atoms with Gasteiger partial charge in [0.25, 0.3) is 0 Å². The molecule has 0 bridgehead atoms. The zero-order chi connectivity index (χ0) is 9.97. The monoisotopic (exact) mass is 187 g/mol. The van der Waals surface area contributed by atoms with Crippen LogP contribution in [0.4, 0.5) is 0 Å². The van der Waals surface area contributed by atoms with Crippen LogP contribution in [0.3, 0.4) is 0 Å². The maximum Gasteiger partial charge on any atom is 0.0981 e. The van der Waals surface area contributed by atoms with Crippen LogP contribution in [0.15, 0.2) is 47.3 Å². The minimum Gasteiger partial charge on any atom is -0.472 e. The number of furan rings is 1. The second-order valence-electron chi connectivity index (χ2n) is 3.39.